The molecule has 1 aromatic carbocycles. The number of nitrogens with zero attached hydrogens (tertiary/aromatic N) is 2. The summed E-state index contributed by atoms with van der Waals surface area (Å²) < 4.78 is 39.2. The maximum Gasteiger partial charge on any atom is 0.416 e. The van der Waals surface area contributed by atoms with E-state index in [1.807, 2.05) is 0 Å². The molecule has 1 N–H and O–H groups in total. The number of aliphatic hydroxyl groups is 1. The number of halogens is 3. The van der Waals surface area contributed by atoms with Gasteiger partial charge in [0.1, 0.15) is 0 Å². The van der Waals surface area contributed by atoms with E-state index >= 15 is 0 Å². The molecular weight excluding hydrogens is 345 g/mol. The van der Waals surface area contributed by atoms with Gasteiger partial charge in [-0.15, -0.1) is 0 Å². The molecule has 2 saturated heterocycles. The molecule has 7 heteroatoms. The zero-order valence-electron chi connectivity index (χ0n) is 14.7. The summed E-state index contributed by atoms with van der Waals surface area (Å²) >= 11 is 0. The smallest absolute Gasteiger partial charge is 0.393 e. The van der Waals surface area contributed by atoms with Gasteiger partial charge in [0.15, 0.2) is 0 Å². The summed E-state index contributed by atoms with van der Waals surface area (Å²) in [5.41, 5.74) is -0.688. The van der Waals surface area contributed by atoms with Gasteiger partial charge in [-0.1, -0.05) is 18.2 Å². The highest BCUT2D eigenvalue weighted by Crippen LogP contribution is 2.32. The highest BCUT2D eigenvalue weighted by atomic mass is 19.4. The third-order valence-corrected chi connectivity index (χ3v) is 5.50. The van der Waals surface area contributed by atoms with Crippen LogP contribution in [0, 0.1) is 0 Å². The molecule has 0 aromatic heterocycles. The van der Waals surface area contributed by atoms with Gasteiger partial charge in [0.05, 0.1) is 18.1 Å². The number of benzene rings is 1. The van der Waals surface area contributed by atoms with Crippen LogP contribution in [0.2, 0.25) is 0 Å². The summed E-state index contributed by atoms with van der Waals surface area (Å²) in [6, 6.07) is 5.69. The van der Waals surface area contributed by atoms with E-state index in [2.05, 4.69) is 4.90 Å². The minimum atomic E-state index is -4.44. The molecule has 1 amide bonds. The van der Waals surface area contributed by atoms with E-state index in [9.17, 15) is 23.1 Å². The predicted octanol–water partition coefficient (Wildman–Crippen LogP) is 2.70. The number of rotatable bonds is 3. The molecule has 2 fully saturated rings. The van der Waals surface area contributed by atoms with Gasteiger partial charge >= 0.3 is 6.18 Å². The van der Waals surface area contributed by atoms with Crippen LogP contribution in [0.25, 0.3) is 0 Å². The summed E-state index contributed by atoms with van der Waals surface area (Å²) in [4.78, 5) is 16.5. The molecule has 0 atom stereocenters. The van der Waals surface area contributed by atoms with Crippen LogP contribution in [0.4, 0.5) is 13.2 Å². The molecule has 0 spiro atoms. The van der Waals surface area contributed by atoms with Gasteiger partial charge in [0.25, 0.3) is 0 Å². The minimum absolute atomic E-state index is 0.0390. The number of hydrogen-bond acceptors (Lipinski definition) is 3. The van der Waals surface area contributed by atoms with Crippen LogP contribution < -0.4 is 0 Å². The maximum atomic E-state index is 13.1. The fourth-order valence-electron chi connectivity index (χ4n) is 3.96. The molecule has 0 radical (unpaired) electrons. The molecule has 2 heterocycles. The fourth-order valence-corrected chi connectivity index (χ4v) is 3.96. The predicted molar refractivity (Wildman–Crippen MR) is 91.6 cm³/mol. The zero-order valence-corrected chi connectivity index (χ0v) is 14.7. The van der Waals surface area contributed by atoms with Gasteiger partial charge in [-0.05, 0) is 37.3 Å². The average molecular weight is 370 g/mol. The minimum Gasteiger partial charge on any atom is -0.393 e. The first kappa shape index (κ1) is 19.2. The van der Waals surface area contributed by atoms with Crippen molar-refractivity contribution in [1.82, 2.24) is 9.80 Å². The SMILES string of the molecule is O=C(Cc1ccccc1C(F)(F)F)N1CCC(N2CCC(O)CC2)CC1. The maximum absolute atomic E-state index is 13.1. The number of hydrogen-bond donors (Lipinski definition) is 1. The number of amides is 1. The molecule has 0 aliphatic carbocycles. The van der Waals surface area contributed by atoms with E-state index in [0.29, 0.717) is 19.1 Å². The highest BCUT2D eigenvalue weighted by molar-refractivity contribution is 5.79. The molecule has 26 heavy (non-hydrogen) atoms. The number of carbonyl (C=O) groups excluding carboxylic acids is 1. The zero-order chi connectivity index (χ0) is 18.7. The number of carbonyl (C=O) groups is 1. The van der Waals surface area contributed by atoms with Crippen LogP contribution >= 0.6 is 0 Å². The Morgan fingerprint density at radius 1 is 1.04 bits per heavy atom. The van der Waals surface area contributed by atoms with Gasteiger partial charge in [0.2, 0.25) is 5.91 Å². The standard InChI is InChI=1S/C19H25F3N2O2/c20-19(21,22)17-4-2-1-3-14(17)13-18(26)24-9-5-15(6-10-24)23-11-7-16(25)8-12-23/h1-4,15-16,25H,5-13H2. The number of alkyl halides is 3. The summed E-state index contributed by atoms with van der Waals surface area (Å²) in [5, 5.41) is 9.60. The van der Waals surface area contributed by atoms with Gasteiger partial charge in [-0.25, -0.2) is 0 Å². The first-order valence-corrected chi connectivity index (χ1v) is 9.19. The van der Waals surface area contributed by atoms with E-state index in [4.69, 9.17) is 0 Å². The normalized spacial score (nSPS) is 21.2. The van der Waals surface area contributed by atoms with E-state index in [0.717, 1.165) is 44.8 Å². The molecule has 0 unspecified atom stereocenters. The molecular formula is C19H25F3N2O2. The lowest BCUT2D eigenvalue weighted by molar-refractivity contribution is -0.138. The Morgan fingerprint density at radius 3 is 2.27 bits per heavy atom. The Kier molecular flexibility index (Phi) is 5.87. The van der Waals surface area contributed by atoms with Crippen molar-refractivity contribution in [2.24, 2.45) is 0 Å². The fraction of sp³-hybridized carbons (Fsp3) is 0.632. The quantitative estimate of drug-likeness (QED) is 0.890. The summed E-state index contributed by atoms with van der Waals surface area (Å²) in [7, 11) is 0. The first-order valence-electron chi connectivity index (χ1n) is 9.19. The van der Waals surface area contributed by atoms with Crippen LogP contribution in [0.1, 0.15) is 36.8 Å². The lowest BCUT2D eigenvalue weighted by Crippen LogP contribution is -2.49. The van der Waals surface area contributed by atoms with Crippen molar-refractivity contribution in [3.8, 4) is 0 Å². The van der Waals surface area contributed by atoms with E-state index in [1.54, 1.807) is 4.90 Å². The average Bonchev–Trinajstić information content (AvgIpc) is 2.62. The van der Waals surface area contributed by atoms with E-state index in [1.165, 1.54) is 18.2 Å². The lowest BCUT2D eigenvalue weighted by atomic mass is 9.98. The van der Waals surface area contributed by atoms with Gasteiger partial charge < -0.3 is 14.9 Å². The van der Waals surface area contributed by atoms with Crippen molar-refractivity contribution in [2.45, 2.75) is 50.4 Å². The largest absolute Gasteiger partial charge is 0.416 e. The van der Waals surface area contributed by atoms with E-state index in [-0.39, 0.29) is 24.0 Å². The van der Waals surface area contributed by atoms with Crippen LogP contribution in [-0.2, 0) is 17.4 Å². The van der Waals surface area contributed by atoms with Crippen molar-refractivity contribution in [3.63, 3.8) is 0 Å². The Balaban J connectivity index is 1.55. The molecule has 144 valence electrons. The molecule has 4 nitrogen and oxygen atoms in total. The summed E-state index contributed by atoms with van der Waals surface area (Å²) in [6.07, 6.45) is -1.62. The van der Waals surface area contributed by atoms with Crippen LogP contribution in [0.5, 0.6) is 0 Å². The second-order valence-corrected chi connectivity index (χ2v) is 7.21. The van der Waals surface area contributed by atoms with Crippen LogP contribution in [0.3, 0.4) is 0 Å². The molecule has 2 aliphatic rings. The van der Waals surface area contributed by atoms with Crippen LogP contribution in [-0.4, -0.2) is 59.1 Å². The Bertz CT molecular complexity index is 619. The number of aliphatic hydroxyl groups excluding tert-OH is 1. The van der Waals surface area contributed by atoms with Crippen molar-refractivity contribution in [2.75, 3.05) is 26.2 Å². The van der Waals surface area contributed by atoms with Crippen LogP contribution in [0.15, 0.2) is 24.3 Å². The number of piperidine rings is 2. The van der Waals surface area contributed by atoms with Crippen molar-refractivity contribution in [3.05, 3.63) is 35.4 Å². The lowest BCUT2D eigenvalue weighted by Gasteiger charge is -2.41. The Morgan fingerprint density at radius 2 is 1.65 bits per heavy atom. The monoisotopic (exact) mass is 370 g/mol. The molecule has 2 aliphatic heterocycles. The topological polar surface area (TPSA) is 43.8 Å². The van der Waals surface area contributed by atoms with E-state index < -0.39 is 11.7 Å². The third kappa shape index (κ3) is 4.57. The van der Waals surface area contributed by atoms with Crippen molar-refractivity contribution < 1.29 is 23.1 Å². The Hall–Kier alpha value is -1.60. The highest BCUT2D eigenvalue weighted by Gasteiger charge is 2.34. The summed E-state index contributed by atoms with van der Waals surface area (Å²) in [6.45, 7) is 2.91. The summed E-state index contributed by atoms with van der Waals surface area (Å²) in [5.74, 6) is -0.241. The van der Waals surface area contributed by atoms with Gasteiger partial charge in [0, 0.05) is 32.2 Å². The Labute approximate surface area is 151 Å². The molecule has 0 saturated carbocycles. The van der Waals surface area contributed by atoms with Crippen molar-refractivity contribution in [1.29, 1.82) is 0 Å². The van der Waals surface area contributed by atoms with Gasteiger partial charge in [-0.3, -0.25) is 4.79 Å². The van der Waals surface area contributed by atoms with Gasteiger partial charge in [-0.2, -0.15) is 13.2 Å². The first-order chi connectivity index (χ1) is 12.3. The molecule has 0 bridgehead atoms. The second kappa shape index (κ2) is 7.96. The third-order valence-electron chi connectivity index (χ3n) is 5.50. The van der Waals surface area contributed by atoms with Crippen molar-refractivity contribution >= 4 is 5.91 Å². The second-order valence-electron chi connectivity index (χ2n) is 7.21. The number of likely N-dealkylation sites (tertiary alicyclic amines) is 2. The molecule has 1 aromatic rings. The molecule has 3 rings (SSSR count).